The van der Waals surface area contributed by atoms with Gasteiger partial charge in [0.15, 0.2) is 0 Å². The van der Waals surface area contributed by atoms with E-state index in [-0.39, 0.29) is 5.54 Å². The molecule has 5 heteroatoms. The molecule has 0 amide bonds. The molecule has 1 atom stereocenters. The van der Waals surface area contributed by atoms with Gasteiger partial charge < -0.3 is 10.4 Å². The van der Waals surface area contributed by atoms with Gasteiger partial charge >= 0.3 is 0 Å². The Morgan fingerprint density at radius 2 is 1.89 bits per heavy atom. The van der Waals surface area contributed by atoms with Crippen LogP contribution in [0.3, 0.4) is 0 Å². The van der Waals surface area contributed by atoms with Crippen LogP contribution in [-0.2, 0) is 13.5 Å². The van der Waals surface area contributed by atoms with Crippen molar-refractivity contribution in [2.45, 2.75) is 52.2 Å². The van der Waals surface area contributed by atoms with Crippen molar-refractivity contribution in [3.05, 3.63) is 16.4 Å². The summed E-state index contributed by atoms with van der Waals surface area (Å²) in [6.45, 7) is 10.4. The summed E-state index contributed by atoms with van der Waals surface area (Å²) in [7, 11) is 1.85. The maximum Gasteiger partial charge on any atom is 0.0848 e. The third kappa shape index (κ3) is 4.26. The zero-order valence-electron chi connectivity index (χ0n) is 12.1. The molecule has 0 aromatic carbocycles. The van der Waals surface area contributed by atoms with Crippen LogP contribution < -0.4 is 5.32 Å². The lowest BCUT2D eigenvalue weighted by molar-refractivity contribution is 0.0517. The standard InChI is InChI=1S/C13H24ClN3O/c1-9-11(14)10(17(6)16-9)7-13(5,18)8-15-12(2,3)4/h15,18H,7-8H2,1-6H3. The molecule has 0 saturated carbocycles. The summed E-state index contributed by atoms with van der Waals surface area (Å²) in [5, 5.41) is 18.6. The van der Waals surface area contributed by atoms with Crippen molar-refractivity contribution in [2.24, 2.45) is 7.05 Å². The Morgan fingerprint density at radius 1 is 1.33 bits per heavy atom. The van der Waals surface area contributed by atoms with Crippen LogP contribution in [0.5, 0.6) is 0 Å². The van der Waals surface area contributed by atoms with Gasteiger partial charge in [-0.15, -0.1) is 0 Å². The van der Waals surface area contributed by atoms with Gasteiger partial charge in [0.25, 0.3) is 0 Å². The van der Waals surface area contributed by atoms with Crippen LogP contribution in [0.15, 0.2) is 0 Å². The highest BCUT2D eigenvalue weighted by Gasteiger charge is 2.26. The Bertz CT molecular complexity index is 419. The molecule has 0 radical (unpaired) electrons. The van der Waals surface area contributed by atoms with Crippen molar-refractivity contribution in [3.8, 4) is 0 Å². The van der Waals surface area contributed by atoms with Crippen molar-refractivity contribution in [2.75, 3.05) is 6.54 Å². The molecule has 0 saturated heterocycles. The molecule has 0 bridgehead atoms. The number of nitrogens with one attached hydrogen (secondary N) is 1. The van der Waals surface area contributed by atoms with Gasteiger partial charge in [0.05, 0.1) is 22.0 Å². The summed E-state index contributed by atoms with van der Waals surface area (Å²) in [4.78, 5) is 0. The van der Waals surface area contributed by atoms with E-state index < -0.39 is 5.60 Å². The first-order valence-electron chi connectivity index (χ1n) is 6.17. The summed E-state index contributed by atoms with van der Waals surface area (Å²) in [6.07, 6.45) is 0.478. The normalized spacial score (nSPS) is 15.8. The maximum absolute atomic E-state index is 10.4. The molecule has 1 heterocycles. The first-order valence-corrected chi connectivity index (χ1v) is 6.55. The van der Waals surface area contributed by atoms with Crippen molar-refractivity contribution in [3.63, 3.8) is 0 Å². The molecule has 1 aromatic heterocycles. The smallest absolute Gasteiger partial charge is 0.0848 e. The fourth-order valence-electron chi connectivity index (χ4n) is 1.75. The van der Waals surface area contributed by atoms with E-state index >= 15 is 0 Å². The highest BCUT2D eigenvalue weighted by molar-refractivity contribution is 6.31. The van der Waals surface area contributed by atoms with E-state index in [9.17, 15) is 5.11 Å². The highest BCUT2D eigenvalue weighted by Crippen LogP contribution is 2.23. The summed E-state index contributed by atoms with van der Waals surface area (Å²) in [6, 6.07) is 0. The van der Waals surface area contributed by atoms with Gasteiger partial charge in [-0.3, -0.25) is 4.68 Å². The molecule has 1 unspecified atom stereocenters. The van der Waals surface area contributed by atoms with E-state index in [2.05, 4.69) is 31.2 Å². The van der Waals surface area contributed by atoms with Crippen molar-refractivity contribution in [1.29, 1.82) is 0 Å². The molecular formula is C13H24ClN3O. The molecule has 0 aliphatic carbocycles. The van der Waals surface area contributed by atoms with Crippen LogP contribution in [0.4, 0.5) is 0 Å². The average molecular weight is 274 g/mol. The molecule has 104 valence electrons. The maximum atomic E-state index is 10.4. The second kappa shape index (κ2) is 5.19. The zero-order valence-corrected chi connectivity index (χ0v) is 12.9. The van der Waals surface area contributed by atoms with E-state index in [0.717, 1.165) is 11.4 Å². The first kappa shape index (κ1) is 15.5. The van der Waals surface area contributed by atoms with E-state index in [1.54, 1.807) is 4.68 Å². The Labute approximate surface area is 114 Å². The fraction of sp³-hybridized carbons (Fsp3) is 0.769. The SMILES string of the molecule is Cc1nn(C)c(CC(C)(O)CNC(C)(C)C)c1Cl. The molecule has 2 N–H and O–H groups in total. The lowest BCUT2D eigenvalue weighted by atomic mass is 9.98. The largest absolute Gasteiger partial charge is 0.388 e. The van der Waals surface area contributed by atoms with Crippen molar-refractivity contribution in [1.82, 2.24) is 15.1 Å². The summed E-state index contributed by atoms with van der Waals surface area (Å²) in [5.41, 5.74) is 0.802. The highest BCUT2D eigenvalue weighted by atomic mass is 35.5. The van der Waals surface area contributed by atoms with Crippen molar-refractivity contribution >= 4 is 11.6 Å². The molecular weight excluding hydrogens is 250 g/mol. The van der Waals surface area contributed by atoms with E-state index in [0.29, 0.717) is 18.0 Å². The summed E-state index contributed by atoms with van der Waals surface area (Å²) < 4.78 is 1.74. The monoisotopic (exact) mass is 273 g/mol. The Morgan fingerprint density at radius 3 is 2.28 bits per heavy atom. The van der Waals surface area contributed by atoms with Gasteiger partial charge in [-0.05, 0) is 34.6 Å². The lowest BCUT2D eigenvalue weighted by Crippen LogP contribution is -2.47. The molecule has 0 aliphatic heterocycles. The molecule has 1 rings (SSSR count). The van der Waals surface area contributed by atoms with Crippen LogP contribution in [-0.4, -0.2) is 32.6 Å². The quantitative estimate of drug-likeness (QED) is 0.883. The minimum Gasteiger partial charge on any atom is -0.388 e. The van der Waals surface area contributed by atoms with E-state index in [4.69, 9.17) is 11.6 Å². The van der Waals surface area contributed by atoms with E-state index in [1.807, 2.05) is 20.9 Å². The number of hydrogen-bond acceptors (Lipinski definition) is 3. The van der Waals surface area contributed by atoms with Gasteiger partial charge in [-0.2, -0.15) is 5.10 Å². The number of rotatable bonds is 4. The van der Waals surface area contributed by atoms with Gasteiger partial charge in [0.2, 0.25) is 0 Å². The zero-order chi connectivity index (χ0) is 14.1. The van der Waals surface area contributed by atoms with Crippen LogP contribution >= 0.6 is 11.6 Å². The predicted octanol–water partition coefficient (Wildman–Crippen LogP) is 2.06. The first-order chi connectivity index (χ1) is 8.02. The van der Waals surface area contributed by atoms with Gasteiger partial charge in [0, 0.05) is 25.6 Å². The summed E-state index contributed by atoms with van der Waals surface area (Å²) >= 11 is 6.20. The molecule has 1 aromatic rings. The number of aliphatic hydroxyl groups is 1. The molecule has 18 heavy (non-hydrogen) atoms. The summed E-state index contributed by atoms with van der Waals surface area (Å²) in [5.74, 6) is 0. The second-order valence-corrected chi connectivity index (χ2v) is 6.62. The number of halogens is 1. The van der Waals surface area contributed by atoms with E-state index in [1.165, 1.54) is 0 Å². The molecule has 0 spiro atoms. The number of hydrogen-bond donors (Lipinski definition) is 2. The van der Waals surface area contributed by atoms with Gasteiger partial charge in [-0.1, -0.05) is 11.6 Å². The minimum atomic E-state index is -0.850. The Hall–Kier alpha value is -0.580. The average Bonchev–Trinajstić information content (AvgIpc) is 2.41. The van der Waals surface area contributed by atoms with Gasteiger partial charge in [0.1, 0.15) is 0 Å². The van der Waals surface area contributed by atoms with Crippen LogP contribution in [0, 0.1) is 6.92 Å². The minimum absolute atomic E-state index is 0.0177. The molecule has 0 fully saturated rings. The van der Waals surface area contributed by atoms with Crippen LogP contribution in [0.25, 0.3) is 0 Å². The Balaban J connectivity index is 2.76. The number of nitrogens with zero attached hydrogens (tertiary/aromatic N) is 2. The van der Waals surface area contributed by atoms with Crippen LogP contribution in [0.2, 0.25) is 5.02 Å². The van der Waals surface area contributed by atoms with Gasteiger partial charge in [-0.25, -0.2) is 0 Å². The third-order valence-corrected chi connectivity index (χ3v) is 3.30. The molecule has 4 nitrogen and oxygen atoms in total. The number of aromatic nitrogens is 2. The second-order valence-electron chi connectivity index (χ2n) is 6.25. The number of aryl methyl sites for hydroxylation is 2. The molecule has 0 aliphatic rings. The predicted molar refractivity (Wildman–Crippen MR) is 75.0 cm³/mol. The van der Waals surface area contributed by atoms with Crippen molar-refractivity contribution < 1.29 is 5.11 Å². The topological polar surface area (TPSA) is 50.1 Å². The third-order valence-electron chi connectivity index (χ3n) is 2.81. The Kier molecular flexibility index (Phi) is 4.47. The number of β-amino-alcohol motifs (C(OH)–C–C–N with tert-alkyl or cyclic N) is 1. The van der Waals surface area contributed by atoms with Crippen LogP contribution in [0.1, 0.15) is 39.1 Å². The fourth-order valence-corrected chi connectivity index (χ4v) is 1.98. The lowest BCUT2D eigenvalue weighted by Gasteiger charge is -2.29.